The van der Waals surface area contributed by atoms with Crippen molar-refractivity contribution in [2.75, 3.05) is 0 Å². The van der Waals surface area contributed by atoms with Gasteiger partial charge in [-0.25, -0.2) is 19.9 Å². The summed E-state index contributed by atoms with van der Waals surface area (Å²) in [5, 5.41) is 11.3. The van der Waals surface area contributed by atoms with Crippen LogP contribution in [0.1, 0.15) is 176 Å². The molecule has 0 spiro atoms. The molecule has 0 fully saturated rings. The minimum atomic E-state index is 0.818. The highest BCUT2D eigenvalue weighted by Gasteiger charge is 2.00. The Hall–Kier alpha value is -13.0. The molecule has 0 aliphatic heterocycles. The first-order chi connectivity index (χ1) is 57.2. The van der Waals surface area contributed by atoms with Crippen molar-refractivity contribution < 1.29 is 0 Å². The van der Waals surface area contributed by atoms with E-state index in [2.05, 4.69) is 108 Å². The molecule has 18 nitrogen and oxygen atoms in total. The maximum Gasteiger partial charge on any atom is 0.159 e. The maximum absolute atomic E-state index is 4.34. The van der Waals surface area contributed by atoms with Crippen molar-refractivity contribution in [1.29, 1.82) is 0 Å². The van der Waals surface area contributed by atoms with Gasteiger partial charge in [0, 0.05) is 193 Å². The van der Waals surface area contributed by atoms with Gasteiger partial charge in [0.15, 0.2) is 11.3 Å². The van der Waals surface area contributed by atoms with E-state index in [9.17, 15) is 0 Å². The van der Waals surface area contributed by atoms with E-state index in [4.69, 9.17) is 0 Å². The van der Waals surface area contributed by atoms with Crippen LogP contribution in [0, 0.1) is 62.3 Å². The molecule has 0 radical (unpaired) electrons. The molecule has 0 aliphatic rings. The Morgan fingerprint density at radius 3 is 1.16 bits per heavy atom. The first-order valence-corrected chi connectivity index (χ1v) is 40.8. The van der Waals surface area contributed by atoms with Gasteiger partial charge in [-0.05, 0) is 225 Å². The molecule has 0 unspecified atom stereocenters. The summed E-state index contributed by atoms with van der Waals surface area (Å²) in [6, 6.07) is 53.7. The number of rotatable bonds is 0. The van der Waals surface area contributed by atoms with Crippen molar-refractivity contribution in [3.63, 3.8) is 0 Å². The Bertz CT molecular complexity index is 4540. The van der Waals surface area contributed by atoms with Crippen LogP contribution in [-0.4, -0.2) is 89.7 Å². The van der Waals surface area contributed by atoms with E-state index in [0.717, 1.165) is 138 Å². The van der Waals surface area contributed by atoms with Crippen molar-refractivity contribution in [3.05, 3.63) is 326 Å². The van der Waals surface area contributed by atoms with Crippen LogP contribution < -0.4 is 0 Å². The second-order valence-electron chi connectivity index (χ2n) is 22.7. The lowest BCUT2D eigenvalue weighted by molar-refractivity contribution is 1.20. The summed E-state index contributed by atoms with van der Waals surface area (Å²) >= 11 is 0. The zero-order valence-corrected chi connectivity index (χ0v) is 74.5. The lowest BCUT2D eigenvalue weighted by atomic mass is 10.2. The Kier molecular flexibility index (Phi) is 54.5. The standard InChI is InChI=1S/9C9H8N2.9C2H6/c1-7-4-9-5-10-3-2-8(9)6-11-7;1-7-4-8-2-3-10-5-9(8)6-11-7;1-7-2-3-8-6-10-5-4-9(8)11-7;1-7-2-3-8-4-5-10-6-9(8)11-7;1-7-4-5-8-9(11-7)3-2-6-10-8;1-7-4-5-8-3-2-6-10-9(8)11-7;1-7-5-9-8(6-11-7)3-2-4-10-9;1-7-5-8-3-2-4-10-9(8)6-11-7;1-7-5-8-3-2-4-10-9(8)11-6-7;9*1-2/h9*2-6H,1H3;9*1-2H3. The monoisotopic (exact) mass is 1570 g/mol. The van der Waals surface area contributed by atoms with E-state index in [0.29, 0.717) is 0 Å². The largest absolute Gasteiger partial charge is 0.264 e. The van der Waals surface area contributed by atoms with Crippen molar-refractivity contribution in [2.24, 2.45) is 0 Å². The van der Waals surface area contributed by atoms with Gasteiger partial charge in [0.2, 0.25) is 0 Å². The summed E-state index contributed by atoms with van der Waals surface area (Å²) < 4.78 is 0. The molecule has 0 amide bonds. The van der Waals surface area contributed by atoms with Gasteiger partial charge in [-0.2, -0.15) is 0 Å². The van der Waals surface area contributed by atoms with Crippen LogP contribution in [0.25, 0.3) is 98.3 Å². The van der Waals surface area contributed by atoms with Gasteiger partial charge in [-0.15, -0.1) is 0 Å². The smallest absolute Gasteiger partial charge is 0.159 e. The van der Waals surface area contributed by atoms with Gasteiger partial charge in [0.25, 0.3) is 0 Å². The van der Waals surface area contributed by atoms with Crippen molar-refractivity contribution >= 4 is 98.3 Å². The number of nitrogens with zero attached hydrogens (tertiary/aromatic N) is 18. The van der Waals surface area contributed by atoms with E-state index in [1.54, 1.807) is 68.2 Å². The van der Waals surface area contributed by atoms with Crippen LogP contribution in [0.2, 0.25) is 0 Å². The topological polar surface area (TPSA) is 232 Å². The van der Waals surface area contributed by atoms with Gasteiger partial charge in [-0.3, -0.25) is 69.8 Å². The second-order valence-corrected chi connectivity index (χ2v) is 22.7. The van der Waals surface area contributed by atoms with Crippen LogP contribution in [-0.2, 0) is 0 Å². The highest BCUT2D eigenvalue weighted by molar-refractivity contribution is 5.83. The van der Waals surface area contributed by atoms with E-state index >= 15 is 0 Å². The normalized spacial score (nSPS) is 9.15. The molecule has 612 valence electrons. The molecular weight excluding hydrogens is 1440 g/mol. The fourth-order valence-corrected chi connectivity index (χ4v) is 9.65. The third-order valence-corrected chi connectivity index (χ3v) is 14.6. The van der Waals surface area contributed by atoms with E-state index in [1.807, 2.05) is 376 Å². The molecule has 18 heteroatoms. The number of pyridine rings is 18. The minimum Gasteiger partial charge on any atom is -0.264 e. The predicted octanol–water partition coefficient (Wildman–Crippen LogP) is 26.7. The van der Waals surface area contributed by atoms with Crippen molar-refractivity contribution in [1.82, 2.24) is 89.7 Å². The molecule has 117 heavy (non-hydrogen) atoms. The quantitative estimate of drug-likeness (QED) is 0.137. The number of hydrogen-bond acceptors (Lipinski definition) is 18. The predicted molar refractivity (Wildman–Crippen MR) is 501 cm³/mol. The molecular formula is C99H126N18. The fourth-order valence-electron chi connectivity index (χ4n) is 9.65. The van der Waals surface area contributed by atoms with E-state index in [-0.39, 0.29) is 0 Å². The van der Waals surface area contributed by atoms with Gasteiger partial charge in [0.05, 0.1) is 45.5 Å². The molecule has 0 bridgehead atoms. The maximum atomic E-state index is 4.34. The molecule has 0 N–H and O–H groups in total. The zero-order chi connectivity index (χ0) is 87.1. The Morgan fingerprint density at radius 2 is 0.547 bits per heavy atom. The number of hydrogen-bond donors (Lipinski definition) is 0. The second kappa shape index (κ2) is 62.5. The molecule has 0 saturated heterocycles. The van der Waals surface area contributed by atoms with Crippen LogP contribution in [0.15, 0.2) is 275 Å². The number of aromatic nitrogens is 18. The Balaban J connectivity index is 0.000000642. The molecule has 18 heterocycles. The minimum absolute atomic E-state index is 0.818. The van der Waals surface area contributed by atoms with E-state index in [1.165, 1.54) is 10.9 Å². The molecule has 0 atom stereocenters. The van der Waals surface area contributed by atoms with Crippen LogP contribution in [0.5, 0.6) is 0 Å². The SMILES string of the molecule is CC.CC.CC.CC.CC.CC.CC.CC.CC.Cc1cc2cccnc2cn1.Cc1cc2ccncc2cn1.Cc1cc2cnccc2cn1.Cc1cc2ncccc2cn1.Cc1ccc2cccnc2n1.Cc1ccc2ccncc2n1.Cc1ccc2cnccc2n1.Cc1ccc2ncccc2n1.Cc1cnc2ncccc2c1. The van der Waals surface area contributed by atoms with E-state index < -0.39 is 0 Å². The Morgan fingerprint density at radius 1 is 0.162 bits per heavy atom. The molecule has 18 rings (SSSR count). The third-order valence-electron chi connectivity index (χ3n) is 14.6. The van der Waals surface area contributed by atoms with Crippen LogP contribution >= 0.6 is 0 Å². The molecule has 0 aliphatic carbocycles. The fraction of sp³-hybridized carbons (Fsp3) is 0.273. The van der Waals surface area contributed by atoms with Crippen LogP contribution in [0.3, 0.4) is 0 Å². The molecule has 0 saturated carbocycles. The van der Waals surface area contributed by atoms with Crippen LogP contribution in [0.4, 0.5) is 0 Å². The Labute approximate surface area is 697 Å². The highest BCUT2D eigenvalue weighted by atomic mass is 14.8. The lowest BCUT2D eigenvalue weighted by Crippen LogP contribution is -1.84. The van der Waals surface area contributed by atoms with Gasteiger partial charge < -0.3 is 0 Å². The first-order valence-electron chi connectivity index (χ1n) is 40.8. The summed E-state index contributed by atoms with van der Waals surface area (Å²) in [6.45, 7) is 53.8. The van der Waals surface area contributed by atoms with Crippen molar-refractivity contribution in [3.8, 4) is 0 Å². The molecule has 18 aromatic heterocycles. The average molecular weight is 1570 g/mol. The zero-order valence-electron chi connectivity index (χ0n) is 74.5. The summed E-state index contributed by atoms with van der Waals surface area (Å²) in [4.78, 5) is 74.8. The summed E-state index contributed by atoms with van der Waals surface area (Å²) in [7, 11) is 0. The number of aryl methyl sites for hydroxylation is 9. The summed E-state index contributed by atoms with van der Waals surface area (Å²) in [6.07, 6.45) is 32.4. The van der Waals surface area contributed by atoms with Crippen molar-refractivity contribution in [2.45, 2.75) is 187 Å². The highest BCUT2D eigenvalue weighted by Crippen LogP contribution is 2.17. The molecule has 18 aromatic rings. The molecule has 0 aromatic carbocycles. The number of fused-ring (bicyclic) bond motifs is 9. The lowest BCUT2D eigenvalue weighted by Gasteiger charge is -1.95. The van der Waals surface area contributed by atoms with Gasteiger partial charge in [-0.1, -0.05) is 137 Å². The summed E-state index contributed by atoms with van der Waals surface area (Å²) in [5.41, 5.74) is 16.9. The average Bonchev–Trinajstić information content (AvgIpc) is 0.931. The first kappa shape index (κ1) is 102. The third kappa shape index (κ3) is 37.7. The van der Waals surface area contributed by atoms with Gasteiger partial charge >= 0.3 is 0 Å². The summed E-state index contributed by atoms with van der Waals surface area (Å²) in [5.74, 6) is 0. The van der Waals surface area contributed by atoms with Gasteiger partial charge in [0.1, 0.15) is 0 Å².